The highest BCUT2D eigenvalue weighted by molar-refractivity contribution is 9.10. The van der Waals surface area contributed by atoms with Crippen LogP contribution in [0.15, 0.2) is 18.2 Å². The van der Waals surface area contributed by atoms with E-state index >= 15 is 0 Å². The van der Waals surface area contributed by atoms with E-state index in [1.165, 1.54) is 6.92 Å². The molecule has 0 amide bonds. The quantitative estimate of drug-likeness (QED) is 0.453. The molecule has 0 saturated carbocycles. The standard InChI is InChI=1S/C11H9BrF4O/c1-5(12)9(17)7-3-2-6(10(13)14)4-8(7)11(15)16/h2-5,10-11H,1H3. The van der Waals surface area contributed by atoms with Crippen molar-refractivity contribution in [2.45, 2.75) is 24.6 Å². The van der Waals surface area contributed by atoms with Crippen molar-refractivity contribution in [1.29, 1.82) is 0 Å². The van der Waals surface area contributed by atoms with Gasteiger partial charge in [-0.3, -0.25) is 4.79 Å². The monoisotopic (exact) mass is 312 g/mol. The van der Waals surface area contributed by atoms with E-state index in [1.807, 2.05) is 0 Å². The maximum atomic E-state index is 12.7. The number of alkyl halides is 5. The van der Waals surface area contributed by atoms with Crippen molar-refractivity contribution >= 4 is 21.7 Å². The zero-order chi connectivity index (χ0) is 13.2. The fourth-order valence-corrected chi connectivity index (χ4v) is 1.58. The first-order valence-corrected chi connectivity index (χ1v) is 5.64. The summed E-state index contributed by atoms with van der Waals surface area (Å²) in [5.41, 5.74) is -1.40. The summed E-state index contributed by atoms with van der Waals surface area (Å²) < 4.78 is 50.1. The van der Waals surface area contributed by atoms with E-state index < -0.39 is 34.6 Å². The summed E-state index contributed by atoms with van der Waals surface area (Å²) in [4.78, 5) is 10.9. The Labute approximate surface area is 104 Å². The molecule has 0 spiro atoms. The van der Waals surface area contributed by atoms with Crippen molar-refractivity contribution in [1.82, 2.24) is 0 Å². The summed E-state index contributed by atoms with van der Waals surface area (Å²) in [5, 5.41) is 0. The number of Topliss-reactive ketones (excluding diaryl/α,β-unsaturated/α-hetero) is 1. The number of halogens is 5. The summed E-state index contributed by atoms with van der Waals surface area (Å²) in [5.74, 6) is -0.555. The molecule has 0 aliphatic carbocycles. The number of hydrogen-bond acceptors (Lipinski definition) is 1. The van der Waals surface area contributed by atoms with Gasteiger partial charge in [0.15, 0.2) is 5.78 Å². The Hall–Kier alpha value is -0.910. The molecule has 94 valence electrons. The van der Waals surface area contributed by atoms with Gasteiger partial charge in [-0.1, -0.05) is 28.1 Å². The molecular weight excluding hydrogens is 304 g/mol. The van der Waals surface area contributed by atoms with Crippen LogP contribution in [-0.4, -0.2) is 10.6 Å². The van der Waals surface area contributed by atoms with E-state index in [0.29, 0.717) is 6.07 Å². The van der Waals surface area contributed by atoms with Gasteiger partial charge in [-0.05, 0) is 13.0 Å². The smallest absolute Gasteiger partial charge is 0.264 e. The minimum Gasteiger partial charge on any atom is -0.293 e. The first-order chi connectivity index (χ1) is 7.84. The molecule has 6 heteroatoms. The van der Waals surface area contributed by atoms with Crippen molar-refractivity contribution in [3.05, 3.63) is 34.9 Å². The number of benzene rings is 1. The molecule has 0 radical (unpaired) electrons. The molecule has 0 saturated heterocycles. The second kappa shape index (κ2) is 5.62. The van der Waals surface area contributed by atoms with Gasteiger partial charge < -0.3 is 0 Å². The molecule has 17 heavy (non-hydrogen) atoms. The van der Waals surface area contributed by atoms with Gasteiger partial charge in [0.2, 0.25) is 0 Å². The topological polar surface area (TPSA) is 17.1 Å². The predicted molar refractivity (Wildman–Crippen MR) is 59.1 cm³/mol. The highest BCUT2D eigenvalue weighted by Crippen LogP contribution is 2.29. The van der Waals surface area contributed by atoms with Gasteiger partial charge in [0, 0.05) is 16.7 Å². The molecule has 0 aliphatic heterocycles. The number of hydrogen-bond donors (Lipinski definition) is 0. The first kappa shape index (κ1) is 14.2. The molecule has 0 N–H and O–H groups in total. The van der Waals surface area contributed by atoms with Crippen LogP contribution in [0.4, 0.5) is 17.6 Å². The molecule has 1 aromatic carbocycles. The largest absolute Gasteiger partial charge is 0.293 e. The van der Waals surface area contributed by atoms with Crippen molar-refractivity contribution in [3.63, 3.8) is 0 Å². The molecular formula is C11H9BrF4O. The summed E-state index contributed by atoms with van der Waals surface area (Å²) >= 11 is 2.96. The number of rotatable bonds is 4. The maximum absolute atomic E-state index is 12.7. The van der Waals surface area contributed by atoms with Gasteiger partial charge in [0.05, 0.1) is 4.83 Å². The first-order valence-electron chi connectivity index (χ1n) is 4.73. The summed E-state index contributed by atoms with van der Waals surface area (Å²) in [6.45, 7) is 1.48. The SMILES string of the molecule is CC(Br)C(=O)c1ccc(C(F)F)cc1C(F)F. The van der Waals surface area contributed by atoms with E-state index in [0.717, 1.165) is 12.1 Å². The Morgan fingerprint density at radius 3 is 2.18 bits per heavy atom. The van der Waals surface area contributed by atoms with Gasteiger partial charge in [-0.2, -0.15) is 0 Å². The van der Waals surface area contributed by atoms with E-state index in [4.69, 9.17) is 0 Å². The zero-order valence-corrected chi connectivity index (χ0v) is 10.3. The van der Waals surface area contributed by atoms with Crippen molar-refractivity contribution < 1.29 is 22.4 Å². The molecule has 1 atom stereocenters. The number of carbonyl (C=O) groups is 1. The van der Waals surface area contributed by atoms with Gasteiger partial charge in [0.1, 0.15) is 0 Å². The lowest BCUT2D eigenvalue weighted by Gasteiger charge is -2.11. The van der Waals surface area contributed by atoms with E-state index in [-0.39, 0.29) is 5.56 Å². The second-order valence-electron chi connectivity index (χ2n) is 3.43. The van der Waals surface area contributed by atoms with Crippen molar-refractivity contribution in [3.8, 4) is 0 Å². The zero-order valence-electron chi connectivity index (χ0n) is 8.76. The van der Waals surface area contributed by atoms with Gasteiger partial charge in [0.25, 0.3) is 12.9 Å². The molecule has 1 rings (SSSR count). The summed E-state index contributed by atoms with van der Waals surface area (Å²) in [6.07, 6.45) is -5.79. The minimum absolute atomic E-state index is 0.228. The predicted octanol–water partition coefficient (Wildman–Crippen LogP) is 4.53. The lowest BCUT2D eigenvalue weighted by atomic mass is 9.99. The Balaban J connectivity index is 3.27. The molecule has 0 aliphatic rings. The van der Waals surface area contributed by atoms with Crippen LogP contribution in [0.5, 0.6) is 0 Å². The summed E-state index contributed by atoms with van der Waals surface area (Å²) in [7, 11) is 0. The molecule has 1 aromatic rings. The third kappa shape index (κ3) is 3.28. The average Bonchev–Trinajstić information content (AvgIpc) is 2.26. The van der Waals surface area contributed by atoms with Crippen LogP contribution < -0.4 is 0 Å². The molecule has 0 fully saturated rings. The van der Waals surface area contributed by atoms with Crippen molar-refractivity contribution in [2.75, 3.05) is 0 Å². The minimum atomic E-state index is -2.96. The van der Waals surface area contributed by atoms with E-state index in [1.54, 1.807) is 0 Å². The highest BCUT2D eigenvalue weighted by atomic mass is 79.9. The third-order valence-electron chi connectivity index (χ3n) is 2.19. The lowest BCUT2D eigenvalue weighted by molar-refractivity contribution is 0.0980. The van der Waals surface area contributed by atoms with Crippen LogP contribution in [0.2, 0.25) is 0 Å². The highest BCUT2D eigenvalue weighted by Gasteiger charge is 2.22. The lowest BCUT2D eigenvalue weighted by Crippen LogP contribution is -2.13. The summed E-state index contributed by atoms with van der Waals surface area (Å²) in [6, 6.07) is 2.68. The number of carbonyl (C=O) groups excluding carboxylic acids is 1. The van der Waals surface area contributed by atoms with Crippen molar-refractivity contribution in [2.24, 2.45) is 0 Å². The fraction of sp³-hybridized carbons (Fsp3) is 0.364. The van der Waals surface area contributed by atoms with Crippen LogP contribution in [0.25, 0.3) is 0 Å². The molecule has 0 aromatic heterocycles. The molecule has 1 unspecified atom stereocenters. The fourth-order valence-electron chi connectivity index (χ4n) is 1.34. The molecule has 1 nitrogen and oxygen atoms in total. The van der Waals surface area contributed by atoms with Gasteiger partial charge >= 0.3 is 0 Å². The van der Waals surface area contributed by atoms with E-state index in [2.05, 4.69) is 15.9 Å². The second-order valence-corrected chi connectivity index (χ2v) is 4.80. The Bertz CT molecular complexity index is 418. The Morgan fingerprint density at radius 1 is 1.18 bits per heavy atom. The normalized spacial score (nSPS) is 13.2. The third-order valence-corrected chi connectivity index (χ3v) is 2.61. The van der Waals surface area contributed by atoms with Gasteiger partial charge in [-0.25, -0.2) is 17.6 Å². The molecule has 0 heterocycles. The van der Waals surface area contributed by atoms with Crippen LogP contribution in [-0.2, 0) is 0 Å². The van der Waals surface area contributed by atoms with E-state index in [9.17, 15) is 22.4 Å². The average molecular weight is 313 g/mol. The Kier molecular flexibility index (Phi) is 4.68. The Morgan fingerprint density at radius 2 is 1.76 bits per heavy atom. The van der Waals surface area contributed by atoms with Crippen LogP contribution in [0, 0.1) is 0 Å². The van der Waals surface area contributed by atoms with Crippen LogP contribution in [0.3, 0.4) is 0 Å². The number of ketones is 1. The van der Waals surface area contributed by atoms with Crippen LogP contribution >= 0.6 is 15.9 Å². The molecule has 0 bridgehead atoms. The van der Waals surface area contributed by atoms with Gasteiger partial charge in [-0.15, -0.1) is 0 Å². The van der Waals surface area contributed by atoms with Crippen LogP contribution in [0.1, 0.15) is 41.3 Å². The maximum Gasteiger partial charge on any atom is 0.264 e.